The van der Waals surface area contributed by atoms with Gasteiger partial charge in [-0.3, -0.25) is 0 Å². The molecule has 1 heterocycles. The lowest BCUT2D eigenvalue weighted by Gasteiger charge is -2.03. The second-order valence-electron chi connectivity index (χ2n) is 3.77. The van der Waals surface area contributed by atoms with E-state index in [0.717, 1.165) is 0 Å². The first-order chi connectivity index (χ1) is 9.34. The number of nitrogens with zero attached hydrogens (tertiary/aromatic N) is 1. The summed E-state index contributed by atoms with van der Waals surface area (Å²) in [7, 11) is 1.43. The Hall–Kier alpha value is -2.51. The number of carboxylic acids is 1. The SMILES string of the molecule is COc1ccc(-c2noc(C(F)(F)F)c2C(=O)O)cc1. The predicted octanol–water partition coefficient (Wildman–Crippen LogP) is 3.07. The number of halogens is 3. The molecular formula is C12H8F3NO4. The summed E-state index contributed by atoms with van der Waals surface area (Å²) >= 11 is 0. The maximum absolute atomic E-state index is 12.6. The highest BCUT2D eigenvalue weighted by Gasteiger charge is 2.43. The number of methoxy groups -OCH3 is 1. The van der Waals surface area contributed by atoms with Gasteiger partial charge in [-0.25, -0.2) is 4.79 Å². The van der Waals surface area contributed by atoms with Crippen molar-refractivity contribution in [1.29, 1.82) is 0 Å². The topological polar surface area (TPSA) is 72.6 Å². The molecule has 0 bridgehead atoms. The first kappa shape index (κ1) is 13.9. The van der Waals surface area contributed by atoms with Crippen LogP contribution in [0.1, 0.15) is 16.1 Å². The molecular weight excluding hydrogens is 279 g/mol. The van der Waals surface area contributed by atoms with Gasteiger partial charge in [-0.1, -0.05) is 5.16 Å². The average Bonchev–Trinajstić information content (AvgIpc) is 2.83. The molecule has 0 unspecified atom stereocenters. The minimum absolute atomic E-state index is 0.183. The van der Waals surface area contributed by atoms with E-state index in [-0.39, 0.29) is 11.3 Å². The third-order valence-corrected chi connectivity index (χ3v) is 2.53. The van der Waals surface area contributed by atoms with E-state index in [1.54, 1.807) is 0 Å². The van der Waals surface area contributed by atoms with E-state index in [1.165, 1.54) is 31.4 Å². The molecule has 106 valence electrons. The molecule has 20 heavy (non-hydrogen) atoms. The summed E-state index contributed by atoms with van der Waals surface area (Å²) in [6.07, 6.45) is -4.93. The molecule has 8 heteroatoms. The highest BCUT2D eigenvalue weighted by Crippen LogP contribution is 2.37. The fourth-order valence-electron chi connectivity index (χ4n) is 1.63. The molecule has 0 amide bonds. The van der Waals surface area contributed by atoms with Crippen LogP contribution in [0.4, 0.5) is 13.2 Å². The van der Waals surface area contributed by atoms with E-state index < -0.39 is 23.5 Å². The maximum Gasteiger partial charge on any atom is 0.453 e. The highest BCUT2D eigenvalue weighted by molar-refractivity contribution is 5.96. The van der Waals surface area contributed by atoms with Crippen LogP contribution in [-0.2, 0) is 6.18 Å². The second kappa shape index (κ2) is 4.87. The molecule has 2 rings (SSSR count). The Morgan fingerprint density at radius 2 is 1.90 bits per heavy atom. The summed E-state index contributed by atoms with van der Waals surface area (Å²) in [5.41, 5.74) is -1.21. The molecule has 1 aromatic carbocycles. The van der Waals surface area contributed by atoms with Gasteiger partial charge in [0.2, 0.25) is 0 Å². The Balaban J connectivity index is 2.56. The first-order valence-corrected chi connectivity index (χ1v) is 5.29. The van der Waals surface area contributed by atoms with Crippen molar-refractivity contribution < 1.29 is 32.3 Å². The summed E-state index contributed by atoms with van der Waals surface area (Å²) in [6, 6.07) is 5.73. The van der Waals surface area contributed by atoms with E-state index in [4.69, 9.17) is 9.84 Å². The Bertz CT molecular complexity index is 631. The number of aromatic nitrogens is 1. The van der Waals surface area contributed by atoms with Gasteiger partial charge in [-0.2, -0.15) is 13.2 Å². The van der Waals surface area contributed by atoms with Gasteiger partial charge in [0.05, 0.1) is 7.11 Å². The average molecular weight is 287 g/mol. The molecule has 1 aromatic heterocycles. The van der Waals surface area contributed by atoms with E-state index in [9.17, 15) is 18.0 Å². The Morgan fingerprint density at radius 3 is 2.35 bits per heavy atom. The number of alkyl halides is 3. The Morgan fingerprint density at radius 1 is 1.30 bits per heavy atom. The molecule has 0 fully saturated rings. The largest absolute Gasteiger partial charge is 0.497 e. The van der Waals surface area contributed by atoms with Crippen molar-refractivity contribution >= 4 is 5.97 Å². The number of hydrogen-bond donors (Lipinski definition) is 1. The van der Waals surface area contributed by atoms with Crippen LogP contribution in [-0.4, -0.2) is 23.3 Å². The lowest BCUT2D eigenvalue weighted by atomic mass is 10.1. The smallest absolute Gasteiger partial charge is 0.453 e. The van der Waals surface area contributed by atoms with Crippen LogP contribution in [0.15, 0.2) is 28.8 Å². The van der Waals surface area contributed by atoms with Crippen molar-refractivity contribution in [3.05, 3.63) is 35.6 Å². The van der Waals surface area contributed by atoms with Crippen molar-refractivity contribution in [1.82, 2.24) is 5.16 Å². The van der Waals surface area contributed by atoms with Crippen LogP contribution in [0.25, 0.3) is 11.3 Å². The molecule has 0 atom stereocenters. The number of ether oxygens (including phenoxy) is 1. The zero-order valence-electron chi connectivity index (χ0n) is 10.1. The number of carbonyl (C=O) groups is 1. The lowest BCUT2D eigenvalue weighted by Crippen LogP contribution is -2.10. The molecule has 0 saturated heterocycles. The van der Waals surface area contributed by atoms with Crippen molar-refractivity contribution in [2.75, 3.05) is 7.11 Å². The predicted molar refractivity (Wildman–Crippen MR) is 60.5 cm³/mol. The van der Waals surface area contributed by atoms with Crippen molar-refractivity contribution in [3.8, 4) is 17.0 Å². The van der Waals surface area contributed by atoms with Crippen molar-refractivity contribution in [3.63, 3.8) is 0 Å². The molecule has 0 aliphatic carbocycles. The van der Waals surface area contributed by atoms with Crippen LogP contribution in [0.5, 0.6) is 5.75 Å². The molecule has 1 N–H and O–H groups in total. The summed E-state index contributed by atoms with van der Waals surface area (Å²) in [5, 5.41) is 12.1. The van der Waals surface area contributed by atoms with E-state index in [2.05, 4.69) is 9.68 Å². The number of hydrogen-bond acceptors (Lipinski definition) is 4. The normalized spacial score (nSPS) is 11.4. The molecule has 2 aromatic rings. The summed E-state index contributed by atoms with van der Waals surface area (Å²) in [5.74, 6) is -2.91. The molecule has 5 nitrogen and oxygen atoms in total. The van der Waals surface area contributed by atoms with Gasteiger partial charge in [-0.15, -0.1) is 0 Å². The van der Waals surface area contributed by atoms with Gasteiger partial charge >= 0.3 is 12.1 Å². The quantitative estimate of drug-likeness (QED) is 0.939. The number of carboxylic acid groups (broad SMARTS) is 1. The summed E-state index contributed by atoms with van der Waals surface area (Å²) < 4.78 is 47.0. The summed E-state index contributed by atoms with van der Waals surface area (Å²) in [6.45, 7) is 0. The van der Waals surface area contributed by atoms with Gasteiger partial charge in [0.1, 0.15) is 17.0 Å². The van der Waals surface area contributed by atoms with Gasteiger partial charge < -0.3 is 14.4 Å². The van der Waals surface area contributed by atoms with Gasteiger partial charge in [0.15, 0.2) is 0 Å². The third-order valence-electron chi connectivity index (χ3n) is 2.53. The lowest BCUT2D eigenvalue weighted by molar-refractivity contribution is -0.156. The fourth-order valence-corrected chi connectivity index (χ4v) is 1.63. The fraction of sp³-hybridized carbons (Fsp3) is 0.167. The van der Waals surface area contributed by atoms with Crippen LogP contribution in [0.2, 0.25) is 0 Å². The van der Waals surface area contributed by atoms with E-state index >= 15 is 0 Å². The standard InChI is InChI=1S/C12H8F3NO4/c1-19-7-4-2-6(3-5-7)9-8(11(17)18)10(20-16-9)12(13,14)15/h2-5H,1H3,(H,17,18). The molecule has 0 aliphatic heterocycles. The van der Waals surface area contributed by atoms with Gasteiger partial charge in [0.25, 0.3) is 5.76 Å². The van der Waals surface area contributed by atoms with E-state index in [0.29, 0.717) is 5.75 Å². The highest BCUT2D eigenvalue weighted by atomic mass is 19.4. The molecule has 0 spiro atoms. The zero-order chi connectivity index (χ0) is 14.9. The van der Waals surface area contributed by atoms with Crippen LogP contribution < -0.4 is 4.74 Å². The maximum atomic E-state index is 12.6. The monoisotopic (exact) mass is 287 g/mol. The minimum atomic E-state index is -4.93. The van der Waals surface area contributed by atoms with Gasteiger partial charge in [0, 0.05) is 5.56 Å². The zero-order valence-corrected chi connectivity index (χ0v) is 10.1. The van der Waals surface area contributed by atoms with Crippen molar-refractivity contribution in [2.45, 2.75) is 6.18 Å². The third kappa shape index (κ3) is 2.44. The van der Waals surface area contributed by atoms with Crippen LogP contribution >= 0.6 is 0 Å². The Labute approximate surface area is 110 Å². The molecule has 0 saturated carbocycles. The van der Waals surface area contributed by atoms with Crippen molar-refractivity contribution in [2.24, 2.45) is 0 Å². The molecule has 0 aliphatic rings. The van der Waals surface area contributed by atoms with Crippen LogP contribution in [0.3, 0.4) is 0 Å². The van der Waals surface area contributed by atoms with Gasteiger partial charge in [-0.05, 0) is 24.3 Å². The summed E-state index contributed by atoms with van der Waals surface area (Å²) in [4.78, 5) is 11.0. The van der Waals surface area contributed by atoms with Crippen LogP contribution in [0, 0.1) is 0 Å². The first-order valence-electron chi connectivity index (χ1n) is 5.29. The Kier molecular flexibility index (Phi) is 3.39. The number of aromatic carboxylic acids is 1. The molecule has 0 radical (unpaired) electrons. The van der Waals surface area contributed by atoms with E-state index in [1.807, 2.05) is 0 Å². The second-order valence-corrected chi connectivity index (χ2v) is 3.77. The number of rotatable bonds is 3. The number of benzene rings is 1. The minimum Gasteiger partial charge on any atom is -0.497 e.